The van der Waals surface area contributed by atoms with Crippen LogP contribution in [0.2, 0.25) is 0 Å². The molecule has 0 bridgehead atoms. The first-order chi connectivity index (χ1) is 17.1. The molecule has 0 saturated heterocycles. The molecule has 0 aliphatic carbocycles. The lowest BCUT2D eigenvalue weighted by atomic mass is 10.1. The summed E-state index contributed by atoms with van der Waals surface area (Å²) in [4.78, 5) is 11.8. The van der Waals surface area contributed by atoms with Crippen LogP contribution in [-0.2, 0) is 17.6 Å². The number of ether oxygens (including phenoxy) is 1. The highest BCUT2D eigenvalue weighted by atomic mass is 16.6. The van der Waals surface area contributed by atoms with Gasteiger partial charge in [-0.15, -0.1) is 0 Å². The molecule has 1 aromatic heterocycles. The number of hydrogen-bond donors (Lipinski definition) is 3. The van der Waals surface area contributed by atoms with Crippen LogP contribution in [0.4, 0.5) is 10.5 Å². The van der Waals surface area contributed by atoms with Gasteiger partial charge < -0.3 is 10.1 Å². The van der Waals surface area contributed by atoms with Crippen molar-refractivity contribution in [3.8, 4) is 17.5 Å². The fourth-order valence-corrected chi connectivity index (χ4v) is 3.60. The zero-order valence-corrected chi connectivity index (χ0v) is 22.0. The van der Waals surface area contributed by atoms with Gasteiger partial charge in [0.05, 0.1) is 17.9 Å². The molecule has 188 valence electrons. The van der Waals surface area contributed by atoms with E-state index in [0.29, 0.717) is 12.1 Å². The molecule has 0 aliphatic heterocycles. The van der Waals surface area contributed by atoms with Crippen molar-refractivity contribution in [1.29, 1.82) is 5.41 Å². The van der Waals surface area contributed by atoms with Gasteiger partial charge in [-0.1, -0.05) is 25.7 Å². The zero-order valence-electron chi connectivity index (χ0n) is 22.0. The van der Waals surface area contributed by atoms with Crippen LogP contribution in [0, 0.1) is 24.2 Å². The summed E-state index contributed by atoms with van der Waals surface area (Å²) in [6.07, 6.45) is 1.21. The maximum atomic E-state index is 11.8. The Morgan fingerprint density at radius 3 is 2.42 bits per heavy atom. The number of nitrogens with zero attached hydrogens (tertiary/aromatic N) is 2. The first-order valence-electron chi connectivity index (χ1n) is 12.2. The van der Waals surface area contributed by atoms with E-state index in [-0.39, 0.29) is 5.84 Å². The van der Waals surface area contributed by atoms with E-state index in [9.17, 15) is 4.79 Å². The van der Waals surface area contributed by atoms with E-state index in [2.05, 4.69) is 61.4 Å². The minimum absolute atomic E-state index is 0.0125. The number of carbonyl (C=O) groups excluding carboxylic acids is 1. The van der Waals surface area contributed by atoms with Crippen molar-refractivity contribution in [1.82, 2.24) is 15.1 Å². The van der Waals surface area contributed by atoms with E-state index in [0.717, 1.165) is 41.0 Å². The molecule has 7 heteroatoms. The molecule has 0 aliphatic rings. The van der Waals surface area contributed by atoms with Crippen molar-refractivity contribution in [3.63, 3.8) is 0 Å². The Morgan fingerprint density at radius 2 is 1.81 bits per heavy atom. The van der Waals surface area contributed by atoms with Gasteiger partial charge in [0.15, 0.2) is 0 Å². The second kappa shape index (κ2) is 11.6. The molecule has 0 saturated carbocycles. The van der Waals surface area contributed by atoms with E-state index in [1.54, 1.807) is 32.9 Å². The average Bonchev–Trinajstić information content (AvgIpc) is 3.24. The summed E-state index contributed by atoms with van der Waals surface area (Å²) in [7, 11) is 0. The Labute approximate surface area is 213 Å². The van der Waals surface area contributed by atoms with Gasteiger partial charge in [-0.05, 0) is 94.6 Å². The smallest absolute Gasteiger partial charge is 0.413 e. The van der Waals surface area contributed by atoms with E-state index >= 15 is 0 Å². The van der Waals surface area contributed by atoms with Crippen LogP contribution in [0.15, 0.2) is 48.5 Å². The lowest BCUT2D eigenvalue weighted by Crippen LogP contribution is -2.36. The van der Waals surface area contributed by atoms with Gasteiger partial charge in [-0.25, -0.2) is 9.48 Å². The molecular formula is C29H35N5O2. The van der Waals surface area contributed by atoms with Crippen molar-refractivity contribution >= 4 is 17.6 Å². The van der Waals surface area contributed by atoms with Gasteiger partial charge in [0.1, 0.15) is 11.4 Å². The number of hydrogen-bond acceptors (Lipinski definition) is 5. The highest BCUT2D eigenvalue weighted by Crippen LogP contribution is 2.19. The fourth-order valence-electron chi connectivity index (χ4n) is 3.60. The molecule has 0 spiro atoms. The van der Waals surface area contributed by atoms with E-state index in [4.69, 9.17) is 15.2 Å². The standard InChI is InChI=1S/C29H35N5O2/c1-7-23-19-25(8-2)34(33-23)26-16-11-21(18-20(26)3)10-9-17-31-24-14-12-22(13-15-24)27(30)32-28(35)36-29(4,5)6/h11-16,18-19,31H,7-8,17H2,1-6H3,(H2,30,32,35). The number of anilines is 1. The molecule has 2 aromatic carbocycles. The van der Waals surface area contributed by atoms with Gasteiger partial charge in [-0.2, -0.15) is 5.10 Å². The predicted molar refractivity (Wildman–Crippen MR) is 145 cm³/mol. The molecule has 0 radical (unpaired) electrons. The first-order valence-corrected chi connectivity index (χ1v) is 12.2. The Morgan fingerprint density at radius 1 is 1.08 bits per heavy atom. The van der Waals surface area contributed by atoms with Gasteiger partial charge in [0.2, 0.25) is 0 Å². The summed E-state index contributed by atoms with van der Waals surface area (Å²) in [5, 5.41) is 18.5. The molecule has 1 heterocycles. The number of benzene rings is 2. The summed E-state index contributed by atoms with van der Waals surface area (Å²) >= 11 is 0. The molecule has 3 aromatic rings. The Hall–Kier alpha value is -4.05. The summed E-state index contributed by atoms with van der Waals surface area (Å²) in [6.45, 7) is 12.2. The van der Waals surface area contributed by atoms with Crippen LogP contribution < -0.4 is 10.6 Å². The van der Waals surface area contributed by atoms with Crippen LogP contribution in [0.3, 0.4) is 0 Å². The molecule has 7 nitrogen and oxygen atoms in total. The average molecular weight is 486 g/mol. The van der Waals surface area contributed by atoms with Crippen molar-refractivity contribution in [3.05, 3.63) is 76.6 Å². The molecule has 0 fully saturated rings. The quantitative estimate of drug-likeness (QED) is 0.240. The Kier molecular flexibility index (Phi) is 8.55. The minimum Gasteiger partial charge on any atom is -0.444 e. The minimum atomic E-state index is -0.644. The number of amidine groups is 1. The second-order valence-corrected chi connectivity index (χ2v) is 9.48. The first kappa shape index (κ1) is 26.6. The Balaban J connectivity index is 1.57. The SMILES string of the molecule is CCc1cc(CC)n(-c2ccc(C#CCNc3ccc(C(=N)NC(=O)OC(C)(C)C)cc3)cc2C)n1. The van der Waals surface area contributed by atoms with Crippen molar-refractivity contribution in [2.45, 2.75) is 60.0 Å². The van der Waals surface area contributed by atoms with Crippen LogP contribution in [0.25, 0.3) is 5.69 Å². The third kappa shape index (κ3) is 7.22. The number of carbonyl (C=O) groups is 1. The largest absolute Gasteiger partial charge is 0.444 e. The lowest BCUT2D eigenvalue weighted by Gasteiger charge is -2.19. The van der Waals surface area contributed by atoms with E-state index in [1.165, 1.54) is 5.69 Å². The monoisotopic (exact) mass is 485 g/mol. The summed E-state index contributed by atoms with van der Waals surface area (Å²) < 4.78 is 7.23. The van der Waals surface area contributed by atoms with Gasteiger partial charge in [0, 0.05) is 22.5 Å². The van der Waals surface area contributed by atoms with E-state index < -0.39 is 11.7 Å². The van der Waals surface area contributed by atoms with Crippen LogP contribution >= 0.6 is 0 Å². The summed E-state index contributed by atoms with van der Waals surface area (Å²) in [5.74, 6) is 6.36. The molecule has 1 amide bonds. The molecule has 3 rings (SSSR count). The van der Waals surface area contributed by atoms with Crippen molar-refractivity contribution < 1.29 is 9.53 Å². The lowest BCUT2D eigenvalue weighted by molar-refractivity contribution is 0.0563. The number of amides is 1. The number of nitrogens with one attached hydrogen (secondary N) is 3. The van der Waals surface area contributed by atoms with Crippen LogP contribution in [-0.4, -0.2) is 33.9 Å². The van der Waals surface area contributed by atoms with Crippen LogP contribution in [0.5, 0.6) is 0 Å². The summed E-state index contributed by atoms with van der Waals surface area (Å²) in [6, 6.07) is 15.6. The number of rotatable bonds is 6. The second-order valence-electron chi connectivity index (χ2n) is 9.48. The summed E-state index contributed by atoms with van der Waals surface area (Å²) in [5.41, 5.74) is 6.33. The maximum absolute atomic E-state index is 11.8. The van der Waals surface area contributed by atoms with E-state index in [1.807, 2.05) is 22.9 Å². The molecular weight excluding hydrogens is 450 g/mol. The van der Waals surface area contributed by atoms with Gasteiger partial charge >= 0.3 is 6.09 Å². The normalized spacial score (nSPS) is 10.8. The maximum Gasteiger partial charge on any atom is 0.413 e. The number of aryl methyl sites for hydroxylation is 3. The predicted octanol–water partition coefficient (Wildman–Crippen LogP) is 5.62. The van der Waals surface area contributed by atoms with Gasteiger partial charge in [0.25, 0.3) is 0 Å². The molecule has 0 unspecified atom stereocenters. The van der Waals surface area contributed by atoms with Gasteiger partial charge in [-0.3, -0.25) is 10.7 Å². The topological polar surface area (TPSA) is 92.0 Å². The third-order valence-electron chi connectivity index (χ3n) is 5.40. The van der Waals surface area contributed by atoms with Crippen LogP contribution in [0.1, 0.15) is 62.7 Å². The Bertz CT molecular complexity index is 1290. The number of aromatic nitrogens is 2. The highest BCUT2D eigenvalue weighted by Gasteiger charge is 2.17. The fraction of sp³-hybridized carbons (Fsp3) is 0.345. The number of alkyl carbamates (subject to hydrolysis) is 1. The molecule has 36 heavy (non-hydrogen) atoms. The molecule has 0 atom stereocenters. The third-order valence-corrected chi connectivity index (χ3v) is 5.40. The van der Waals surface area contributed by atoms with Crippen molar-refractivity contribution in [2.24, 2.45) is 0 Å². The highest BCUT2D eigenvalue weighted by molar-refractivity contribution is 6.04. The molecule has 3 N–H and O–H groups in total. The zero-order chi connectivity index (χ0) is 26.3. The van der Waals surface area contributed by atoms with Crippen molar-refractivity contribution in [2.75, 3.05) is 11.9 Å².